The SMILES string of the molecule is Cc1ccc(NC(=S)/C(=C(\[O-])c2ccc3c(c2)OCCO3)[n+]2cccc(CO)c2)cc1. The van der Waals surface area contributed by atoms with E-state index in [9.17, 15) is 10.2 Å². The van der Waals surface area contributed by atoms with E-state index in [1.165, 1.54) is 0 Å². The van der Waals surface area contributed by atoms with E-state index in [1.54, 1.807) is 47.3 Å². The minimum atomic E-state index is -0.276. The lowest BCUT2D eigenvalue weighted by atomic mass is 10.1. The fourth-order valence-corrected chi connectivity index (χ4v) is 3.56. The lowest BCUT2D eigenvalue weighted by Gasteiger charge is -2.21. The molecule has 0 saturated heterocycles. The summed E-state index contributed by atoms with van der Waals surface area (Å²) >= 11 is 5.64. The second-order valence-electron chi connectivity index (χ2n) is 7.13. The minimum absolute atomic E-state index is 0.148. The van der Waals surface area contributed by atoms with Crippen molar-refractivity contribution in [1.29, 1.82) is 0 Å². The van der Waals surface area contributed by atoms with E-state index in [-0.39, 0.29) is 23.1 Å². The summed E-state index contributed by atoms with van der Waals surface area (Å²) in [7, 11) is 0. The van der Waals surface area contributed by atoms with Crippen LogP contribution in [0.15, 0.2) is 67.0 Å². The van der Waals surface area contributed by atoms with Crippen LogP contribution in [0.5, 0.6) is 11.5 Å². The molecule has 4 rings (SSSR count). The van der Waals surface area contributed by atoms with Gasteiger partial charge in [-0.15, -0.1) is 0 Å². The molecule has 3 aromatic rings. The Morgan fingerprint density at radius 1 is 1.10 bits per heavy atom. The highest BCUT2D eigenvalue weighted by atomic mass is 32.1. The zero-order valence-electron chi connectivity index (χ0n) is 17.0. The van der Waals surface area contributed by atoms with Crippen molar-refractivity contribution in [3.63, 3.8) is 0 Å². The van der Waals surface area contributed by atoms with Gasteiger partial charge >= 0.3 is 0 Å². The predicted octanol–water partition coefficient (Wildman–Crippen LogP) is 2.67. The van der Waals surface area contributed by atoms with Crippen LogP contribution in [0.4, 0.5) is 5.69 Å². The Labute approximate surface area is 186 Å². The third kappa shape index (κ3) is 4.68. The number of anilines is 1. The molecule has 0 radical (unpaired) electrons. The molecule has 1 aliphatic rings. The minimum Gasteiger partial charge on any atom is -0.867 e. The van der Waals surface area contributed by atoms with Gasteiger partial charge in [0.2, 0.25) is 5.70 Å². The molecule has 0 fully saturated rings. The highest BCUT2D eigenvalue weighted by molar-refractivity contribution is 7.81. The van der Waals surface area contributed by atoms with Crippen molar-refractivity contribution in [3.05, 3.63) is 83.7 Å². The van der Waals surface area contributed by atoms with Crippen molar-refractivity contribution >= 4 is 34.3 Å². The number of aromatic nitrogens is 1. The Balaban J connectivity index is 1.78. The first-order valence-electron chi connectivity index (χ1n) is 9.86. The Hall–Kier alpha value is -3.42. The standard InChI is InChI=1S/C24H22N2O4S/c1-16-4-7-19(8-5-16)25-24(31)22(26-10-2-3-17(14-26)15-27)23(28)18-6-9-20-21(13-18)30-12-11-29-20/h2-10,13-14,27H,11-12,15H2,1H3,(H-,25,28,31). The number of aliphatic hydroxyl groups excluding tert-OH is 1. The van der Waals surface area contributed by atoms with Gasteiger partial charge in [-0.25, -0.2) is 0 Å². The zero-order valence-corrected chi connectivity index (χ0v) is 17.8. The Kier molecular flexibility index (Phi) is 6.16. The van der Waals surface area contributed by atoms with Crippen molar-refractivity contribution in [2.45, 2.75) is 13.5 Å². The summed E-state index contributed by atoms with van der Waals surface area (Å²) in [5.41, 5.74) is 3.25. The van der Waals surface area contributed by atoms with Crippen LogP contribution in [0.25, 0.3) is 11.5 Å². The van der Waals surface area contributed by atoms with Crippen LogP contribution in [-0.4, -0.2) is 23.3 Å². The molecule has 2 heterocycles. The lowest BCUT2D eigenvalue weighted by molar-refractivity contribution is -0.578. The molecule has 1 aliphatic heterocycles. The topological polar surface area (TPSA) is 77.7 Å². The summed E-state index contributed by atoms with van der Waals surface area (Å²) in [5, 5.41) is 26.3. The number of hydrogen-bond acceptors (Lipinski definition) is 5. The number of nitrogens with zero attached hydrogens (tertiary/aromatic N) is 1. The van der Waals surface area contributed by atoms with Gasteiger partial charge in [0, 0.05) is 17.3 Å². The molecular weight excluding hydrogens is 412 g/mol. The molecule has 158 valence electrons. The number of benzene rings is 2. The zero-order chi connectivity index (χ0) is 21.8. The van der Waals surface area contributed by atoms with Gasteiger partial charge in [0.05, 0.1) is 6.61 Å². The van der Waals surface area contributed by atoms with E-state index >= 15 is 0 Å². The summed E-state index contributed by atoms with van der Waals surface area (Å²) in [6.45, 7) is 2.76. The summed E-state index contributed by atoms with van der Waals surface area (Å²) in [4.78, 5) is 0.267. The molecule has 0 unspecified atom stereocenters. The van der Waals surface area contributed by atoms with Crippen molar-refractivity contribution in [2.24, 2.45) is 0 Å². The molecule has 0 saturated carbocycles. The maximum Gasteiger partial charge on any atom is 0.238 e. The van der Waals surface area contributed by atoms with Crippen LogP contribution < -0.4 is 24.5 Å². The molecule has 0 bridgehead atoms. The Morgan fingerprint density at radius 2 is 1.84 bits per heavy atom. The van der Waals surface area contributed by atoms with Crippen LogP contribution in [0.3, 0.4) is 0 Å². The number of rotatable bonds is 5. The van der Waals surface area contributed by atoms with E-state index in [1.807, 2.05) is 31.2 Å². The van der Waals surface area contributed by atoms with Crippen LogP contribution in [-0.2, 0) is 6.61 Å². The molecule has 0 atom stereocenters. The first-order valence-corrected chi connectivity index (χ1v) is 10.3. The van der Waals surface area contributed by atoms with E-state index in [2.05, 4.69) is 5.32 Å². The summed E-state index contributed by atoms with van der Waals surface area (Å²) < 4.78 is 12.8. The second-order valence-corrected chi connectivity index (χ2v) is 7.54. The van der Waals surface area contributed by atoms with Crippen molar-refractivity contribution in [1.82, 2.24) is 0 Å². The number of thiocarbonyl (C=S) groups is 1. The van der Waals surface area contributed by atoms with Gasteiger partial charge in [-0.1, -0.05) is 36.0 Å². The Bertz CT molecular complexity index is 1140. The number of hydrogen-bond donors (Lipinski definition) is 2. The normalized spacial score (nSPS) is 13.4. The number of fused-ring (bicyclic) bond motifs is 1. The number of aliphatic hydroxyl groups is 1. The van der Waals surface area contributed by atoms with Crippen molar-refractivity contribution < 1.29 is 24.3 Å². The quantitative estimate of drug-likeness (QED) is 0.278. The van der Waals surface area contributed by atoms with Gasteiger partial charge in [0.1, 0.15) is 13.2 Å². The van der Waals surface area contributed by atoms with E-state index in [4.69, 9.17) is 21.7 Å². The average molecular weight is 435 g/mol. The van der Waals surface area contributed by atoms with Crippen LogP contribution >= 0.6 is 12.2 Å². The first kappa shape index (κ1) is 20.8. The monoisotopic (exact) mass is 434 g/mol. The molecule has 7 heteroatoms. The van der Waals surface area contributed by atoms with Gasteiger partial charge in [-0.05, 0) is 48.6 Å². The smallest absolute Gasteiger partial charge is 0.238 e. The predicted molar refractivity (Wildman–Crippen MR) is 121 cm³/mol. The number of aryl methyl sites for hydroxylation is 1. The summed E-state index contributed by atoms with van der Waals surface area (Å²) in [5.74, 6) is 0.865. The van der Waals surface area contributed by atoms with Crippen LogP contribution in [0, 0.1) is 6.92 Å². The summed E-state index contributed by atoms with van der Waals surface area (Å²) in [6.07, 6.45) is 3.42. The third-order valence-electron chi connectivity index (χ3n) is 4.85. The highest BCUT2D eigenvalue weighted by Crippen LogP contribution is 2.32. The lowest BCUT2D eigenvalue weighted by Crippen LogP contribution is -2.40. The molecule has 1 aromatic heterocycles. The molecule has 0 spiro atoms. The van der Waals surface area contributed by atoms with Crippen molar-refractivity contribution in [3.8, 4) is 11.5 Å². The third-order valence-corrected chi connectivity index (χ3v) is 5.14. The maximum atomic E-state index is 13.6. The van der Waals surface area contributed by atoms with E-state index < -0.39 is 0 Å². The number of nitrogens with one attached hydrogen (secondary N) is 1. The molecule has 0 amide bonds. The van der Waals surface area contributed by atoms with E-state index in [0.717, 1.165) is 11.3 Å². The molecule has 6 nitrogen and oxygen atoms in total. The molecule has 2 aromatic carbocycles. The van der Waals surface area contributed by atoms with Crippen LogP contribution in [0.1, 0.15) is 16.7 Å². The number of ether oxygens (including phenoxy) is 2. The fraction of sp³-hybridized carbons (Fsp3) is 0.167. The molecular formula is C24H22N2O4S. The fourth-order valence-electron chi connectivity index (χ4n) is 3.24. The molecule has 2 N–H and O–H groups in total. The van der Waals surface area contributed by atoms with Gasteiger partial charge < -0.3 is 25.0 Å². The van der Waals surface area contributed by atoms with Gasteiger partial charge in [0.15, 0.2) is 28.9 Å². The second kappa shape index (κ2) is 9.16. The Morgan fingerprint density at radius 3 is 2.58 bits per heavy atom. The van der Waals surface area contributed by atoms with E-state index in [0.29, 0.717) is 35.8 Å². The first-order chi connectivity index (χ1) is 15.0. The molecule has 31 heavy (non-hydrogen) atoms. The number of pyridine rings is 1. The van der Waals surface area contributed by atoms with Gasteiger partial charge in [-0.3, -0.25) is 0 Å². The average Bonchev–Trinajstić information content (AvgIpc) is 2.80. The van der Waals surface area contributed by atoms with Crippen molar-refractivity contribution in [2.75, 3.05) is 18.5 Å². The maximum absolute atomic E-state index is 13.6. The summed E-state index contributed by atoms with van der Waals surface area (Å²) in [6, 6.07) is 16.4. The van der Waals surface area contributed by atoms with Gasteiger partial charge in [-0.2, -0.15) is 4.57 Å². The van der Waals surface area contributed by atoms with Crippen LogP contribution in [0.2, 0.25) is 0 Å². The largest absolute Gasteiger partial charge is 0.867 e. The van der Waals surface area contributed by atoms with Gasteiger partial charge in [0.25, 0.3) is 0 Å². The molecule has 0 aliphatic carbocycles. The highest BCUT2D eigenvalue weighted by Gasteiger charge is 2.21.